The Morgan fingerprint density at radius 1 is 1.11 bits per heavy atom. The van der Waals surface area contributed by atoms with Gasteiger partial charge in [-0.3, -0.25) is 0 Å². The molecule has 0 aliphatic heterocycles. The average molecular weight is 240 g/mol. The van der Waals surface area contributed by atoms with E-state index in [1.807, 2.05) is 42.5 Å². The van der Waals surface area contributed by atoms with Gasteiger partial charge in [0.05, 0.1) is 12.7 Å². The lowest BCUT2D eigenvalue weighted by Crippen LogP contribution is -2.10. The van der Waals surface area contributed by atoms with E-state index in [1.54, 1.807) is 7.11 Å². The van der Waals surface area contributed by atoms with Crippen LogP contribution >= 0.6 is 0 Å². The third kappa shape index (κ3) is 1.74. The lowest BCUT2D eigenvalue weighted by Gasteiger charge is -2.11. The van der Waals surface area contributed by atoms with Crippen molar-refractivity contribution >= 4 is 5.97 Å². The molecule has 0 unspecified atom stereocenters. The van der Waals surface area contributed by atoms with Crippen molar-refractivity contribution in [2.75, 3.05) is 7.11 Å². The monoisotopic (exact) mass is 240 g/mol. The van der Waals surface area contributed by atoms with Crippen LogP contribution in [0.2, 0.25) is 0 Å². The molecular formula is C15H12O3. The first-order valence-electron chi connectivity index (χ1n) is 5.72. The molecule has 0 aromatic heterocycles. The van der Waals surface area contributed by atoms with Crippen molar-refractivity contribution in [1.29, 1.82) is 0 Å². The summed E-state index contributed by atoms with van der Waals surface area (Å²) in [4.78, 5) is 11.7. The number of carbonyl (C=O) groups excluding carboxylic acids is 1. The van der Waals surface area contributed by atoms with Crippen LogP contribution in [0.15, 0.2) is 42.5 Å². The molecule has 0 spiro atoms. The maximum atomic E-state index is 11.7. The first kappa shape index (κ1) is 10.8. The maximum absolute atomic E-state index is 11.7. The second kappa shape index (κ2) is 4.18. The molecule has 3 heteroatoms. The van der Waals surface area contributed by atoms with Gasteiger partial charge in [-0.1, -0.05) is 24.3 Å². The molecule has 0 fully saturated rings. The molecule has 0 atom stereocenters. The van der Waals surface area contributed by atoms with Crippen LogP contribution < -0.4 is 4.74 Å². The summed E-state index contributed by atoms with van der Waals surface area (Å²) in [7, 11) is 1.62. The van der Waals surface area contributed by atoms with Crippen LogP contribution in [-0.2, 0) is 11.3 Å². The topological polar surface area (TPSA) is 35.5 Å². The molecule has 0 N–H and O–H groups in total. The Balaban J connectivity index is 1.61. The molecule has 1 aromatic carbocycles. The van der Waals surface area contributed by atoms with Crippen molar-refractivity contribution in [3.05, 3.63) is 64.0 Å². The molecule has 0 saturated heterocycles. The van der Waals surface area contributed by atoms with Gasteiger partial charge in [0.1, 0.15) is 12.4 Å². The average Bonchev–Trinajstić information content (AvgIpc) is 2.39. The van der Waals surface area contributed by atoms with Crippen molar-refractivity contribution in [2.24, 2.45) is 0 Å². The molecule has 0 radical (unpaired) electrons. The van der Waals surface area contributed by atoms with Crippen LogP contribution in [0.3, 0.4) is 0 Å². The number of benzene rings is 2. The Labute approximate surface area is 104 Å². The highest BCUT2D eigenvalue weighted by Crippen LogP contribution is 2.18. The van der Waals surface area contributed by atoms with E-state index in [2.05, 4.69) is 0 Å². The number of rotatable bonds is 4. The van der Waals surface area contributed by atoms with Crippen molar-refractivity contribution in [1.82, 2.24) is 0 Å². The lowest BCUT2D eigenvalue weighted by molar-refractivity contribution is 0.0470. The minimum Gasteiger partial charge on any atom is -0.497 e. The molecule has 0 saturated carbocycles. The third-order valence-corrected chi connectivity index (χ3v) is 3.08. The summed E-state index contributed by atoms with van der Waals surface area (Å²) in [5.74, 6) is 0.537. The van der Waals surface area contributed by atoms with E-state index in [9.17, 15) is 4.79 Å². The van der Waals surface area contributed by atoms with Gasteiger partial charge in [0.2, 0.25) is 0 Å². The van der Waals surface area contributed by atoms with Gasteiger partial charge in [-0.2, -0.15) is 0 Å². The van der Waals surface area contributed by atoms with Crippen molar-refractivity contribution in [2.45, 2.75) is 6.61 Å². The first-order valence-corrected chi connectivity index (χ1v) is 5.72. The summed E-state index contributed by atoms with van der Waals surface area (Å²) >= 11 is 0. The Bertz CT molecular complexity index is 687. The van der Waals surface area contributed by atoms with Gasteiger partial charge < -0.3 is 9.47 Å². The largest absolute Gasteiger partial charge is 0.497 e. The van der Waals surface area contributed by atoms with Crippen LogP contribution in [0.5, 0.6) is 5.75 Å². The SMILES string of the molecule is COc1ccc(COC(=O)c2cc3ccc2=3)cc1. The number of esters is 1. The summed E-state index contributed by atoms with van der Waals surface area (Å²) in [6.45, 7) is 0.284. The zero-order valence-corrected chi connectivity index (χ0v) is 9.97. The predicted molar refractivity (Wildman–Crippen MR) is 66.2 cm³/mol. The summed E-state index contributed by atoms with van der Waals surface area (Å²) < 4.78 is 10.3. The van der Waals surface area contributed by atoms with Crippen LogP contribution in [-0.4, -0.2) is 13.1 Å². The van der Waals surface area contributed by atoms with Gasteiger partial charge in [-0.25, -0.2) is 4.79 Å². The highest BCUT2D eigenvalue weighted by atomic mass is 16.5. The number of hydrogen-bond acceptors (Lipinski definition) is 3. The van der Waals surface area contributed by atoms with E-state index in [-0.39, 0.29) is 12.6 Å². The molecule has 90 valence electrons. The predicted octanol–water partition coefficient (Wildman–Crippen LogP) is 2.65. The third-order valence-electron chi connectivity index (χ3n) is 3.08. The minimum atomic E-state index is -0.256. The molecule has 3 nitrogen and oxygen atoms in total. The Morgan fingerprint density at radius 2 is 1.89 bits per heavy atom. The highest BCUT2D eigenvalue weighted by molar-refractivity contribution is 5.91. The quantitative estimate of drug-likeness (QED) is 0.658. The molecule has 2 aliphatic carbocycles. The molecule has 1 aromatic rings. The number of ether oxygens (including phenoxy) is 2. The fourth-order valence-corrected chi connectivity index (χ4v) is 1.91. The van der Waals surface area contributed by atoms with Gasteiger partial charge in [0.15, 0.2) is 0 Å². The lowest BCUT2D eigenvalue weighted by atomic mass is 9.99. The molecule has 0 amide bonds. The second-order valence-corrected chi connectivity index (χ2v) is 4.18. The number of carbonyl (C=O) groups is 1. The summed E-state index contributed by atoms with van der Waals surface area (Å²) in [5, 5.41) is 2.17. The Hall–Kier alpha value is -2.29. The van der Waals surface area contributed by atoms with Crippen molar-refractivity contribution < 1.29 is 14.3 Å². The molecule has 2 aliphatic rings. The minimum absolute atomic E-state index is 0.256. The van der Waals surface area contributed by atoms with Crippen LogP contribution in [0.1, 0.15) is 15.9 Å². The van der Waals surface area contributed by atoms with Gasteiger partial charge in [0, 0.05) is 0 Å². The van der Waals surface area contributed by atoms with Gasteiger partial charge in [-0.15, -0.1) is 0 Å². The van der Waals surface area contributed by atoms with E-state index in [4.69, 9.17) is 9.47 Å². The van der Waals surface area contributed by atoms with Gasteiger partial charge in [-0.05, 0) is 34.2 Å². The van der Waals surface area contributed by atoms with E-state index in [1.165, 1.54) is 0 Å². The van der Waals surface area contributed by atoms with Crippen LogP contribution in [0.4, 0.5) is 0 Å². The van der Waals surface area contributed by atoms with E-state index >= 15 is 0 Å². The number of methoxy groups -OCH3 is 1. The molecule has 3 rings (SSSR count). The molecule has 0 heterocycles. The van der Waals surface area contributed by atoms with Crippen molar-refractivity contribution in [3.8, 4) is 5.75 Å². The smallest absolute Gasteiger partial charge is 0.339 e. The normalized spacial score (nSPS) is 10.9. The van der Waals surface area contributed by atoms with Crippen LogP contribution in [0, 0.1) is 10.4 Å². The molecule has 18 heavy (non-hydrogen) atoms. The summed E-state index contributed by atoms with van der Waals surface area (Å²) in [6, 6.07) is 13.2. The Morgan fingerprint density at radius 3 is 2.39 bits per heavy atom. The summed E-state index contributed by atoms with van der Waals surface area (Å²) in [6.07, 6.45) is 0. The van der Waals surface area contributed by atoms with Crippen LogP contribution in [0.25, 0.3) is 0 Å². The van der Waals surface area contributed by atoms with Gasteiger partial charge in [0.25, 0.3) is 0 Å². The molecular weight excluding hydrogens is 228 g/mol. The highest BCUT2D eigenvalue weighted by Gasteiger charge is 2.15. The Kier molecular flexibility index (Phi) is 2.52. The fraction of sp³-hybridized carbons (Fsp3) is 0.133. The zero-order valence-electron chi connectivity index (χ0n) is 9.97. The van der Waals surface area contributed by atoms with E-state index in [0.717, 1.165) is 21.8 Å². The fourth-order valence-electron chi connectivity index (χ4n) is 1.91. The van der Waals surface area contributed by atoms with E-state index in [0.29, 0.717) is 5.56 Å². The maximum Gasteiger partial charge on any atom is 0.339 e. The first-order chi connectivity index (χ1) is 8.78. The standard InChI is InChI=1S/C15H12O3/c1-17-12-5-2-10(3-6-12)9-18-15(16)14-8-11-4-7-13(11)14/h2-8H,9H2,1H3. The van der Waals surface area contributed by atoms with Crippen molar-refractivity contribution in [3.63, 3.8) is 0 Å². The number of hydrogen-bond donors (Lipinski definition) is 0. The van der Waals surface area contributed by atoms with E-state index < -0.39 is 0 Å². The second-order valence-electron chi connectivity index (χ2n) is 4.18. The summed E-state index contributed by atoms with van der Waals surface area (Å²) in [5.41, 5.74) is 1.63. The van der Waals surface area contributed by atoms with Gasteiger partial charge >= 0.3 is 5.97 Å². The zero-order chi connectivity index (χ0) is 12.5. The molecule has 0 bridgehead atoms.